The number of aryl methyl sites for hydroxylation is 1. The number of alkyl halides is 1. The molecule has 2 amide bonds. The van der Waals surface area contributed by atoms with Gasteiger partial charge in [-0.2, -0.15) is 0 Å². The predicted molar refractivity (Wildman–Crippen MR) is 182 cm³/mol. The number of carbonyl (C=O) groups is 4. The van der Waals surface area contributed by atoms with Crippen molar-refractivity contribution in [3.8, 4) is 0 Å². The van der Waals surface area contributed by atoms with Gasteiger partial charge in [0.15, 0.2) is 6.10 Å². The van der Waals surface area contributed by atoms with Gasteiger partial charge in [-0.25, -0.2) is 4.79 Å². The molecule has 3 N–H and O–H groups in total. The zero-order valence-corrected chi connectivity index (χ0v) is 29.3. The number of aliphatic hydroxyl groups excluding tert-OH is 1. The Balaban J connectivity index is 1.96. The van der Waals surface area contributed by atoms with E-state index in [1.54, 1.807) is 39.0 Å². The molecule has 11 heteroatoms. The molecule has 0 saturated heterocycles. The van der Waals surface area contributed by atoms with Gasteiger partial charge in [-0.1, -0.05) is 80.9 Å². The lowest BCUT2D eigenvalue weighted by Gasteiger charge is -2.32. The van der Waals surface area contributed by atoms with Crippen LogP contribution in [0.3, 0.4) is 0 Å². The summed E-state index contributed by atoms with van der Waals surface area (Å²) in [5.74, 6) is -3.25. The number of amides is 2. The van der Waals surface area contributed by atoms with Gasteiger partial charge in [0, 0.05) is 30.3 Å². The minimum Gasteiger partial charge on any atom is -0.459 e. The number of ether oxygens (including phenoxy) is 2. The topological polar surface area (TPSA) is 131 Å². The number of benzene rings is 2. The molecule has 1 heterocycles. The van der Waals surface area contributed by atoms with Crippen molar-refractivity contribution in [3.05, 3.63) is 82.4 Å². The number of hydrogen-bond donors (Lipinski definition) is 3. The first kappa shape index (κ1) is 38.1. The number of halogens is 2. The highest BCUT2D eigenvalue weighted by Crippen LogP contribution is 2.32. The molecule has 0 saturated carbocycles. The van der Waals surface area contributed by atoms with Gasteiger partial charge in [0.1, 0.15) is 12.1 Å². The van der Waals surface area contributed by atoms with Crippen molar-refractivity contribution in [1.29, 1.82) is 0 Å². The van der Waals surface area contributed by atoms with Crippen LogP contribution in [0.1, 0.15) is 69.5 Å². The Labute approximate surface area is 287 Å². The fourth-order valence-electron chi connectivity index (χ4n) is 5.07. The standard InChI is InChI=1S/C36H46Cl2N2O7/c1-21(2)17-29-34(44)46-28(23(4)32(42)31(38)25-11-8-7-9-12-25)13-10-14-30(41)40-27(19-24-16-15-22(3)26(37)18-24)33(43)39-20-36(5,6)35(45)47-29/h7-12,14-16,18,21,23,27-29,31-32,42H,13,17,19-20H2,1-6H3,(H,39,43)(H,40,41)/b14-10+/t23-,27+,28-,29-,31-,32+/m0/s1. The van der Waals surface area contributed by atoms with Crippen LogP contribution in [0, 0.1) is 24.2 Å². The van der Waals surface area contributed by atoms with Crippen molar-refractivity contribution >= 4 is 47.0 Å². The number of nitrogens with one attached hydrogen (secondary N) is 2. The summed E-state index contributed by atoms with van der Waals surface area (Å²) < 4.78 is 11.7. The molecule has 256 valence electrons. The summed E-state index contributed by atoms with van der Waals surface area (Å²) in [6, 6.07) is 13.5. The van der Waals surface area contributed by atoms with Crippen molar-refractivity contribution < 1.29 is 33.8 Å². The number of rotatable bonds is 8. The van der Waals surface area contributed by atoms with Gasteiger partial charge in [-0.3, -0.25) is 14.4 Å². The highest BCUT2D eigenvalue weighted by Gasteiger charge is 2.38. The fourth-order valence-corrected chi connectivity index (χ4v) is 5.64. The molecule has 0 radical (unpaired) electrons. The Morgan fingerprint density at radius 1 is 1.02 bits per heavy atom. The van der Waals surface area contributed by atoms with Gasteiger partial charge in [0.05, 0.1) is 16.9 Å². The van der Waals surface area contributed by atoms with E-state index in [9.17, 15) is 24.3 Å². The molecule has 2 aromatic rings. The highest BCUT2D eigenvalue weighted by molar-refractivity contribution is 6.31. The van der Waals surface area contributed by atoms with E-state index in [0.717, 1.165) is 11.1 Å². The molecule has 9 nitrogen and oxygen atoms in total. The monoisotopic (exact) mass is 688 g/mol. The summed E-state index contributed by atoms with van der Waals surface area (Å²) in [6.07, 6.45) is -0.153. The van der Waals surface area contributed by atoms with Crippen molar-refractivity contribution in [3.63, 3.8) is 0 Å². The zero-order valence-electron chi connectivity index (χ0n) is 27.8. The average molecular weight is 690 g/mol. The van der Waals surface area contributed by atoms with Crippen LogP contribution in [0.25, 0.3) is 0 Å². The van der Waals surface area contributed by atoms with Crippen LogP contribution in [0.15, 0.2) is 60.7 Å². The first-order valence-corrected chi connectivity index (χ1v) is 16.7. The molecule has 1 aliphatic heterocycles. The molecule has 0 unspecified atom stereocenters. The second kappa shape index (κ2) is 17.1. The number of aliphatic hydroxyl groups is 1. The second-order valence-electron chi connectivity index (χ2n) is 13.2. The van der Waals surface area contributed by atoms with E-state index < -0.39 is 64.8 Å². The van der Waals surface area contributed by atoms with Gasteiger partial charge < -0.3 is 25.2 Å². The van der Waals surface area contributed by atoms with E-state index in [-0.39, 0.29) is 31.7 Å². The van der Waals surface area contributed by atoms with Gasteiger partial charge in [0.2, 0.25) is 11.8 Å². The van der Waals surface area contributed by atoms with Gasteiger partial charge in [-0.15, -0.1) is 11.6 Å². The average Bonchev–Trinajstić information content (AvgIpc) is 3.02. The lowest BCUT2D eigenvalue weighted by molar-refractivity contribution is -0.180. The fraction of sp³-hybridized carbons (Fsp3) is 0.500. The molecule has 1 aliphatic rings. The maximum atomic E-state index is 13.6. The summed E-state index contributed by atoms with van der Waals surface area (Å²) in [5, 5.41) is 16.5. The SMILES string of the molecule is Cc1ccc(C[C@H]2NC(=O)/C=C/C[C@@H]([C@H](C)[C@@H](O)[C@@H](Cl)c3ccccc3)OC(=O)[C@H](CC(C)C)OC(=O)C(C)(C)CNC2=O)cc1Cl. The first-order chi connectivity index (χ1) is 22.1. The largest absolute Gasteiger partial charge is 0.459 e. The molecule has 2 aromatic carbocycles. The van der Waals surface area contributed by atoms with E-state index in [2.05, 4.69) is 10.6 Å². The van der Waals surface area contributed by atoms with Gasteiger partial charge in [0.25, 0.3) is 0 Å². The Morgan fingerprint density at radius 3 is 2.34 bits per heavy atom. The molecule has 0 fully saturated rings. The molecular weight excluding hydrogens is 643 g/mol. The lowest BCUT2D eigenvalue weighted by atomic mass is 9.90. The number of carbonyl (C=O) groups excluding carboxylic acids is 4. The molecule has 0 aliphatic carbocycles. The van der Waals surface area contributed by atoms with E-state index >= 15 is 0 Å². The number of esters is 2. The number of cyclic esters (lactones) is 2. The third-order valence-corrected chi connectivity index (χ3v) is 9.13. The minimum atomic E-state index is -1.23. The Bertz CT molecular complexity index is 1430. The summed E-state index contributed by atoms with van der Waals surface area (Å²) in [4.78, 5) is 53.5. The molecule has 0 aromatic heterocycles. The number of hydrogen-bond acceptors (Lipinski definition) is 7. The van der Waals surface area contributed by atoms with Crippen LogP contribution in [0.2, 0.25) is 5.02 Å². The Hall–Kier alpha value is -3.40. The van der Waals surface area contributed by atoms with Gasteiger partial charge >= 0.3 is 11.9 Å². The van der Waals surface area contributed by atoms with E-state index in [1.807, 2.05) is 51.1 Å². The lowest BCUT2D eigenvalue weighted by Crippen LogP contribution is -2.51. The zero-order chi connectivity index (χ0) is 34.9. The Morgan fingerprint density at radius 2 is 1.70 bits per heavy atom. The quantitative estimate of drug-likeness (QED) is 0.242. The van der Waals surface area contributed by atoms with Crippen molar-refractivity contribution in [1.82, 2.24) is 10.6 Å². The molecule has 0 bridgehead atoms. The third kappa shape index (κ3) is 11.1. The maximum Gasteiger partial charge on any atom is 0.347 e. The van der Waals surface area contributed by atoms with Crippen LogP contribution in [-0.4, -0.2) is 59.8 Å². The predicted octanol–water partition coefficient (Wildman–Crippen LogP) is 5.62. The molecule has 6 atom stereocenters. The summed E-state index contributed by atoms with van der Waals surface area (Å²) in [5.41, 5.74) is 1.07. The normalized spacial score (nSPS) is 23.9. The van der Waals surface area contributed by atoms with Crippen LogP contribution < -0.4 is 10.6 Å². The van der Waals surface area contributed by atoms with E-state index in [0.29, 0.717) is 10.6 Å². The van der Waals surface area contributed by atoms with Crippen molar-refractivity contribution in [2.75, 3.05) is 6.54 Å². The summed E-state index contributed by atoms with van der Waals surface area (Å²) in [7, 11) is 0. The van der Waals surface area contributed by atoms with Crippen molar-refractivity contribution in [2.24, 2.45) is 17.3 Å². The van der Waals surface area contributed by atoms with E-state index in [4.69, 9.17) is 32.7 Å². The third-order valence-electron chi connectivity index (χ3n) is 8.21. The van der Waals surface area contributed by atoms with Crippen LogP contribution in [0.4, 0.5) is 0 Å². The maximum absolute atomic E-state index is 13.6. The Kier molecular flexibility index (Phi) is 13.9. The summed E-state index contributed by atoms with van der Waals surface area (Å²) in [6.45, 7) is 10.4. The summed E-state index contributed by atoms with van der Waals surface area (Å²) >= 11 is 13.0. The molecule has 47 heavy (non-hydrogen) atoms. The molecule has 0 spiro atoms. The van der Waals surface area contributed by atoms with Crippen LogP contribution >= 0.6 is 23.2 Å². The second-order valence-corrected chi connectivity index (χ2v) is 14.1. The van der Waals surface area contributed by atoms with Crippen molar-refractivity contribution in [2.45, 2.75) is 90.5 Å². The molecule has 3 rings (SSSR count). The minimum absolute atomic E-state index is 0.0276. The van der Waals surface area contributed by atoms with Crippen LogP contribution in [0.5, 0.6) is 0 Å². The van der Waals surface area contributed by atoms with Crippen LogP contribution in [-0.2, 0) is 35.1 Å². The van der Waals surface area contributed by atoms with E-state index in [1.165, 1.54) is 12.2 Å². The highest BCUT2D eigenvalue weighted by atomic mass is 35.5. The van der Waals surface area contributed by atoms with Gasteiger partial charge in [-0.05, 0) is 61.9 Å². The first-order valence-electron chi connectivity index (χ1n) is 15.9. The molecular formula is C36H46Cl2N2O7. The smallest absolute Gasteiger partial charge is 0.347 e.